The van der Waals surface area contributed by atoms with E-state index >= 15 is 0 Å². The fraction of sp³-hybridized carbons (Fsp3) is 0.115. The van der Waals surface area contributed by atoms with Crippen LogP contribution in [0.5, 0.6) is 5.75 Å². The van der Waals surface area contributed by atoms with E-state index in [2.05, 4.69) is 5.32 Å². The number of barbiturate groups is 1. The molecule has 3 aromatic carbocycles. The monoisotopic (exact) mass is 494 g/mol. The number of urea groups is 1. The van der Waals surface area contributed by atoms with E-state index in [0.29, 0.717) is 27.0 Å². The van der Waals surface area contributed by atoms with Gasteiger partial charge >= 0.3 is 6.03 Å². The third kappa shape index (κ3) is 5.14. The van der Waals surface area contributed by atoms with Crippen LogP contribution in [0.2, 0.25) is 10.0 Å². The van der Waals surface area contributed by atoms with E-state index in [-0.39, 0.29) is 12.2 Å². The highest BCUT2D eigenvalue weighted by Gasteiger charge is 2.36. The Labute approximate surface area is 206 Å². The Kier molecular flexibility index (Phi) is 6.72. The van der Waals surface area contributed by atoms with Crippen LogP contribution in [-0.4, -0.2) is 17.8 Å². The van der Waals surface area contributed by atoms with Gasteiger partial charge < -0.3 is 4.74 Å². The number of benzene rings is 3. The van der Waals surface area contributed by atoms with E-state index < -0.39 is 17.8 Å². The molecule has 0 unspecified atom stereocenters. The van der Waals surface area contributed by atoms with Crippen molar-refractivity contribution in [2.24, 2.45) is 0 Å². The van der Waals surface area contributed by atoms with Gasteiger partial charge in [0.05, 0.1) is 5.69 Å². The van der Waals surface area contributed by atoms with E-state index in [4.69, 9.17) is 27.9 Å². The molecular weight excluding hydrogens is 475 g/mol. The smallest absolute Gasteiger partial charge is 0.335 e. The van der Waals surface area contributed by atoms with Gasteiger partial charge in [-0.15, -0.1) is 0 Å². The summed E-state index contributed by atoms with van der Waals surface area (Å²) in [6.07, 6.45) is 1.44. The first-order valence-electron chi connectivity index (χ1n) is 10.4. The molecule has 0 aromatic heterocycles. The van der Waals surface area contributed by atoms with Gasteiger partial charge in [0.2, 0.25) is 0 Å². The maximum atomic E-state index is 13.1. The molecule has 0 atom stereocenters. The van der Waals surface area contributed by atoms with Crippen molar-refractivity contribution in [3.8, 4) is 5.75 Å². The zero-order valence-electron chi connectivity index (χ0n) is 18.4. The molecule has 8 heteroatoms. The third-order valence-electron chi connectivity index (χ3n) is 5.17. The van der Waals surface area contributed by atoms with Crippen LogP contribution < -0.4 is 15.0 Å². The minimum Gasteiger partial charge on any atom is -0.489 e. The molecule has 1 fully saturated rings. The van der Waals surface area contributed by atoms with Crippen molar-refractivity contribution >= 4 is 52.8 Å². The standard InChI is InChI=1S/C26H20Cl2N2O4/c1-15-9-16(2)11-20(10-15)30-25(32)22(24(31)29-26(30)33)12-17-3-7-21(8-4-17)34-14-18-5-6-19(27)13-23(18)28/h3-13H,14H2,1-2H3,(H,29,31,33)/b22-12-. The van der Waals surface area contributed by atoms with Crippen LogP contribution in [0.3, 0.4) is 0 Å². The van der Waals surface area contributed by atoms with Gasteiger partial charge in [-0.1, -0.05) is 47.5 Å². The summed E-state index contributed by atoms with van der Waals surface area (Å²) in [7, 11) is 0. The number of carbonyl (C=O) groups excluding carboxylic acids is 3. The van der Waals surface area contributed by atoms with Crippen molar-refractivity contribution < 1.29 is 19.1 Å². The van der Waals surface area contributed by atoms with Gasteiger partial charge in [-0.3, -0.25) is 14.9 Å². The third-order valence-corrected chi connectivity index (χ3v) is 5.75. The number of imide groups is 2. The Morgan fingerprint density at radius 1 is 0.912 bits per heavy atom. The topological polar surface area (TPSA) is 75.7 Å². The lowest BCUT2D eigenvalue weighted by Gasteiger charge is -2.27. The molecule has 172 valence electrons. The second kappa shape index (κ2) is 9.71. The van der Waals surface area contributed by atoms with Gasteiger partial charge in [0.25, 0.3) is 11.8 Å². The number of hydrogen-bond acceptors (Lipinski definition) is 4. The molecule has 1 heterocycles. The van der Waals surface area contributed by atoms with Crippen LogP contribution in [-0.2, 0) is 16.2 Å². The predicted molar refractivity (Wildman–Crippen MR) is 132 cm³/mol. The van der Waals surface area contributed by atoms with Crippen LogP contribution in [0.4, 0.5) is 10.5 Å². The molecule has 3 aromatic rings. The second-order valence-corrected chi connectivity index (χ2v) is 8.74. The predicted octanol–water partition coefficient (Wildman–Crippen LogP) is 5.86. The lowest BCUT2D eigenvalue weighted by molar-refractivity contribution is -0.122. The first kappa shape index (κ1) is 23.5. The minimum atomic E-state index is -0.776. The average molecular weight is 495 g/mol. The average Bonchev–Trinajstić information content (AvgIpc) is 2.76. The molecule has 0 saturated carbocycles. The van der Waals surface area contributed by atoms with Gasteiger partial charge in [-0.05, 0) is 73.0 Å². The van der Waals surface area contributed by atoms with Crippen molar-refractivity contribution in [2.45, 2.75) is 20.5 Å². The normalized spacial score (nSPS) is 15.0. The van der Waals surface area contributed by atoms with Crippen LogP contribution in [0.1, 0.15) is 22.3 Å². The number of ether oxygens (including phenoxy) is 1. The van der Waals surface area contributed by atoms with Gasteiger partial charge in [-0.2, -0.15) is 0 Å². The zero-order chi connectivity index (χ0) is 24.4. The maximum Gasteiger partial charge on any atom is 0.335 e. The van der Waals surface area contributed by atoms with Gasteiger partial charge in [0, 0.05) is 15.6 Å². The number of nitrogens with zero attached hydrogens (tertiary/aromatic N) is 1. The van der Waals surface area contributed by atoms with Crippen molar-refractivity contribution in [1.29, 1.82) is 0 Å². The van der Waals surface area contributed by atoms with E-state index in [1.54, 1.807) is 54.6 Å². The van der Waals surface area contributed by atoms with Crippen molar-refractivity contribution in [3.05, 3.63) is 98.5 Å². The fourth-order valence-corrected chi connectivity index (χ4v) is 4.06. The van der Waals surface area contributed by atoms with Crippen molar-refractivity contribution in [3.63, 3.8) is 0 Å². The summed E-state index contributed by atoms with van der Waals surface area (Å²) in [5.41, 5.74) is 3.45. The molecule has 0 radical (unpaired) electrons. The van der Waals surface area contributed by atoms with Gasteiger partial charge in [-0.25, -0.2) is 9.69 Å². The van der Waals surface area contributed by atoms with Gasteiger partial charge in [0.1, 0.15) is 17.9 Å². The number of halogens is 2. The van der Waals surface area contributed by atoms with E-state index in [0.717, 1.165) is 21.6 Å². The first-order chi connectivity index (χ1) is 16.2. The summed E-state index contributed by atoms with van der Waals surface area (Å²) in [6.45, 7) is 3.99. The molecule has 1 N–H and O–H groups in total. The zero-order valence-corrected chi connectivity index (χ0v) is 19.9. The number of aryl methyl sites for hydroxylation is 2. The Bertz CT molecular complexity index is 1310. The molecule has 0 aliphatic carbocycles. The lowest BCUT2D eigenvalue weighted by atomic mass is 10.1. The molecule has 1 aliphatic rings. The number of nitrogens with one attached hydrogen (secondary N) is 1. The quantitative estimate of drug-likeness (QED) is 0.356. The van der Waals surface area contributed by atoms with Crippen molar-refractivity contribution in [2.75, 3.05) is 4.90 Å². The molecule has 4 amide bonds. The summed E-state index contributed by atoms with van der Waals surface area (Å²) in [5, 5.41) is 3.30. The Morgan fingerprint density at radius 3 is 2.24 bits per heavy atom. The summed E-state index contributed by atoms with van der Waals surface area (Å²) >= 11 is 12.1. The first-order valence-corrected chi connectivity index (χ1v) is 11.1. The molecule has 4 rings (SSSR count). The molecule has 0 bridgehead atoms. The number of anilines is 1. The number of hydrogen-bond donors (Lipinski definition) is 1. The molecule has 6 nitrogen and oxygen atoms in total. The summed E-state index contributed by atoms with van der Waals surface area (Å²) in [5.74, 6) is -0.843. The summed E-state index contributed by atoms with van der Waals surface area (Å²) in [6, 6.07) is 16.6. The Balaban J connectivity index is 1.53. The van der Waals surface area contributed by atoms with Crippen LogP contribution in [0.15, 0.2) is 66.2 Å². The number of amides is 4. The molecule has 34 heavy (non-hydrogen) atoms. The van der Waals surface area contributed by atoms with Gasteiger partial charge in [0.15, 0.2) is 0 Å². The van der Waals surface area contributed by atoms with Crippen LogP contribution in [0.25, 0.3) is 6.08 Å². The summed E-state index contributed by atoms with van der Waals surface area (Å²) < 4.78 is 5.76. The summed E-state index contributed by atoms with van der Waals surface area (Å²) in [4.78, 5) is 38.9. The minimum absolute atomic E-state index is 0.139. The Hall–Kier alpha value is -3.61. The second-order valence-electron chi connectivity index (χ2n) is 7.90. The van der Waals surface area contributed by atoms with E-state index in [1.807, 2.05) is 19.9 Å². The van der Waals surface area contributed by atoms with E-state index in [9.17, 15) is 14.4 Å². The molecule has 1 aliphatic heterocycles. The lowest BCUT2D eigenvalue weighted by Crippen LogP contribution is -2.54. The molecule has 1 saturated heterocycles. The largest absolute Gasteiger partial charge is 0.489 e. The van der Waals surface area contributed by atoms with Crippen LogP contribution in [0, 0.1) is 13.8 Å². The molecular formula is C26H20Cl2N2O4. The highest BCUT2D eigenvalue weighted by Crippen LogP contribution is 2.26. The SMILES string of the molecule is Cc1cc(C)cc(N2C(=O)NC(=O)/C(=C/c3ccc(OCc4ccc(Cl)cc4Cl)cc3)C2=O)c1. The van der Waals surface area contributed by atoms with E-state index in [1.165, 1.54) is 6.08 Å². The number of rotatable bonds is 5. The van der Waals surface area contributed by atoms with Crippen molar-refractivity contribution in [1.82, 2.24) is 5.32 Å². The highest BCUT2D eigenvalue weighted by molar-refractivity contribution is 6.39. The number of carbonyl (C=O) groups is 3. The molecule has 0 spiro atoms. The maximum absolute atomic E-state index is 13.1. The highest BCUT2D eigenvalue weighted by atomic mass is 35.5. The van der Waals surface area contributed by atoms with Crippen LogP contribution >= 0.6 is 23.2 Å². The fourth-order valence-electron chi connectivity index (χ4n) is 3.60. The Morgan fingerprint density at radius 2 is 1.59 bits per heavy atom.